The second kappa shape index (κ2) is 26.6. The van der Waals surface area contributed by atoms with Gasteiger partial charge in [-0.3, -0.25) is 34.2 Å². The fourth-order valence-corrected chi connectivity index (χ4v) is 10.9. The van der Waals surface area contributed by atoms with Crippen LogP contribution in [0.25, 0.3) is 21.8 Å². The molecule has 17 heteroatoms. The van der Waals surface area contributed by atoms with E-state index in [9.17, 15) is 14.4 Å². The van der Waals surface area contributed by atoms with Gasteiger partial charge in [0.2, 0.25) is 11.8 Å². The van der Waals surface area contributed by atoms with Crippen molar-refractivity contribution in [2.75, 3.05) is 62.4 Å². The van der Waals surface area contributed by atoms with Gasteiger partial charge in [0.15, 0.2) is 10.9 Å². The largest absolute Gasteiger partial charge is 0.475 e. The second-order valence-electron chi connectivity index (χ2n) is 20.6. The third-order valence-electron chi connectivity index (χ3n) is 14.8. The van der Waals surface area contributed by atoms with E-state index in [0.29, 0.717) is 24.8 Å². The van der Waals surface area contributed by atoms with E-state index in [1.165, 1.54) is 18.1 Å². The van der Waals surface area contributed by atoms with Crippen molar-refractivity contribution in [2.24, 2.45) is 14.1 Å². The summed E-state index contributed by atoms with van der Waals surface area (Å²) in [5, 5.41) is 10.5. The number of aryl methyl sites for hydroxylation is 4. The highest BCUT2D eigenvalue weighted by Gasteiger charge is 2.29. The lowest BCUT2D eigenvalue weighted by Gasteiger charge is -2.40. The average Bonchev–Trinajstić information content (AvgIpc) is 3.49. The zero-order chi connectivity index (χ0) is 55.3. The van der Waals surface area contributed by atoms with Crippen molar-refractivity contribution >= 4 is 39.1 Å². The number of hydrogen-bond acceptors (Lipinski definition) is 15. The van der Waals surface area contributed by atoms with Gasteiger partial charge >= 0.3 is 5.97 Å². The first-order valence-electron chi connectivity index (χ1n) is 27.3. The van der Waals surface area contributed by atoms with Gasteiger partial charge in [0, 0.05) is 156 Å². The van der Waals surface area contributed by atoms with E-state index in [-0.39, 0.29) is 55.3 Å². The molecule has 1 N–H and O–H groups in total. The van der Waals surface area contributed by atoms with Crippen molar-refractivity contribution in [2.45, 2.75) is 84.7 Å². The molecule has 0 unspecified atom stereocenters. The number of carbonyl (C=O) groups is 1. The van der Waals surface area contributed by atoms with Crippen LogP contribution in [-0.4, -0.2) is 115 Å². The highest BCUT2D eigenvalue weighted by Crippen LogP contribution is 2.28. The van der Waals surface area contributed by atoms with Gasteiger partial charge in [0.25, 0.3) is 0 Å². The van der Waals surface area contributed by atoms with Crippen molar-refractivity contribution in [3.05, 3.63) is 188 Å². The van der Waals surface area contributed by atoms with Crippen molar-refractivity contribution < 1.29 is 24.1 Å². The molecule has 2 aliphatic rings. The Kier molecular flexibility index (Phi) is 18.8. The molecular formula is C62H72N10O7. The predicted octanol–water partition coefficient (Wildman–Crippen LogP) is 7.93. The first kappa shape index (κ1) is 55.8. The number of ether oxygens (including phenoxy) is 3. The lowest BCUT2D eigenvalue weighted by molar-refractivity contribution is -0.141. The summed E-state index contributed by atoms with van der Waals surface area (Å²) in [6.07, 6.45) is 15.5. The molecule has 0 aliphatic carbocycles. The number of benzene rings is 2. The number of aliphatic hydroxyl groups is 1. The lowest BCUT2D eigenvalue weighted by Crippen LogP contribution is -2.48. The second-order valence-corrected chi connectivity index (χ2v) is 20.6. The fourth-order valence-electron chi connectivity index (χ4n) is 10.9. The summed E-state index contributed by atoms with van der Waals surface area (Å²) >= 11 is 0. The zero-order valence-electron chi connectivity index (χ0n) is 46.0. The van der Waals surface area contributed by atoms with Crippen LogP contribution in [0.2, 0.25) is 0 Å². The van der Waals surface area contributed by atoms with Crippen molar-refractivity contribution in [1.29, 1.82) is 0 Å². The minimum absolute atomic E-state index is 0.0373. The Bertz CT molecular complexity index is 3440. The Hall–Kier alpha value is -7.99. The summed E-state index contributed by atoms with van der Waals surface area (Å²) in [4.78, 5) is 65.2. The molecule has 79 heavy (non-hydrogen) atoms. The molecule has 2 aromatic carbocycles. The minimum Gasteiger partial charge on any atom is -0.475 e. The van der Waals surface area contributed by atoms with Gasteiger partial charge in [0.05, 0.1) is 41.4 Å². The highest BCUT2D eigenvalue weighted by atomic mass is 16.6. The third kappa shape index (κ3) is 14.6. The number of pyridine rings is 6. The quantitative estimate of drug-likeness (QED) is 0.0611. The topological polar surface area (TPSA) is 174 Å². The van der Waals surface area contributed by atoms with Crippen LogP contribution in [0.1, 0.15) is 66.2 Å². The van der Waals surface area contributed by atoms with E-state index in [1.54, 1.807) is 0 Å². The van der Waals surface area contributed by atoms with Crippen LogP contribution in [0.3, 0.4) is 0 Å². The smallest absolute Gasteiger partial charge is 0.302 e. The number of carbonyl (C=O) groups excluding carboxylic acids is 1. The number of piperidine rings is 2. The standard InChI is InChI=1S/C32H37N5O4.C30H35N5O3/c1-23-17-25(12-13-33-23)19-37(21-26-20-35(3)30-9-5-4-8-29(30)32(26)39)28-7-6-14-36(22-28)27-10-11-31(34-18-27)41-16-15-40-24(2)38;1-22-16-23(11-12-31-22)18-35(20-24-19-33(2)28-8-4-3-7-27(28)30(24)37)26-6-5-13-34(21-26)25-9-10-29(32-17-25)38-15-14-36/h4-5,8-13,17-18,20,28H,6-7,14-16,19,21-22H2,1-3H3;3-4,7-12,16-17,19,26,36H,5-6,13-15,18,20-21H2,1-2H3/t28-;26-/m00/s1. The van der Waals surface area contributed by atoms with E-state index < -0.39 is 0 Å². The maximum absolute atomic E-state index is 13.5. The Labute approximate surface area is 461 Å². The molecule has 0 spiro atoms. The zero-order valence-corrected chi connectivity index (χ0v) is 46.0. The monoisotopic (exact) mass is 1070 g/mol. The molecular weight excluding hydrogens is 997 g/mol. The molecule has 8 aromatic rings. The number of aliphatic hydroxyl groups excluding tert-OH is 1. The summed E-state index contributed by atoms with van der Waals surface area (Å²) in [6, 6.07) is 32.2. The first-order valence-corrected chi connectivity index (χ1v) is 27.3. The van der Waals surface area contributed by atoms with Crippen LogP contribution < -0.4 is 30.1 Å². The summed E-state index contributed by atoms with van der Waals surface area (Å²) in [7, 11) is 4.01. The number of fused-ring (bicyclic) bond motifs is 2. The van der Waals surface area contributed by atoms with Crippen molar-refractivity contribution in [1.82, 2.24) is 38.9 Å². The fraction of sp³-hybridized carbons (Fsp3) is 0.371. The molecule has 0 saturated carbocycles. The molecule has 2 saturated heterocycles. The number of aromatic nitrogens is 6. The Morgan fingerprint density at radius 1 is 0.608 bits per heavy atom. The van der Waals surface area contributed by atoms with E-state index in [0.717, 1.165) is 121 Å². The number of hydrogen-bond donors (Lipinski definition) is 1. The van der Waals surface area contributed by atoms with Gasteiger partial charge < -0.3 is 38.3 Å². The molecule has 0 radical (unpaired) electrons. The number of nitrogens with zero attached hydrogens (tertiary/aromatic N) is 10. The van der Waals surface area contributed by atoms with Gasteiger partial charge in [-0.15, -0.1) is 0 Å². The van der Waals surface area contributed by atoms with E-state index >= 15 is 0 Å². The number of esters is 1. The minimum atomic E-state index is -0.328. The van der Waals surface area contributed by atoms with Gasteiger partial charge in [-0.1, -0.05) is 24.3 Å². The van der Waals surface area contributed by atoms with Crippen molar-refractivity contribution in [3.63, 3.8) is 0 Å². The van der Waals surface area contributed by atoms with Crippen LogP contribution in [0.15, 0.2) is 144 Å². The summed E-state index contributed by atoms with van der Waals surface area (Å²) in [5.41, 5.74) is 10.1. The maximum atomic E-state index is 13.5. The van der Waals surface area contributed by atoms with E-state index in [1.807, 2.05) is 138 Å². The van der Waals surface area contributed by atoms with Crippen LogP contribution >= 0.6 is 0 Å². The van der Waals surface area contributed by atoms with Crippen LogP contribution in [0.4, 0.5) is 11.4 Å². The summed E-state index contributed by atoms with van der Waals surface area (Å²) in [6.45, 7) is 12.2. The van der Waals surface area contributed by atoms with Crippen molar-refractivity contribution in [3.8, 4) is 11.8 Å². The molecule has 2 aliphatic heterocycles. The predicted molar refractivity (Wildman–Crippen MR) is 308 cm³/mol. The molecule has 2 atom stereocenters. The third-order valence-corrected chi connectivity index (χ3v) is 14.8. The SMILES string of the molecule is CC(=O)OCCOc1ccc(N2CCC[C@H](N(Cc3ccnc(C)c3)Cc3cn(C)c4ccccc4c3=O)C2)cn1.Cc1cc(CN(Cc2cn(C)c3ccccc3c2=O)[C@H]2CCCN(c3ccc(OCCO)nc3)C2)ccn1. The number of anilines is 2. The normalized spacial score (nSPS) is 15.5. The summed E-state index contributed by atoms with van der Waals surface area (Å²) in [5.74, 6) is 0.681. The number of rotatable bonds is 19. The average molecular weight is 1070 g/mol. The van der Waals surface area contributed by atoms with E-state index in [2.05, 4.69) is 72.9 Å². The van der Waals surface area contributed by atoms with Crippen LogP contribution in [0, 0.1) is 13.8 Å². The molecule has 0 bridgehead atoms. The first-order chi connectivity index (χ1) is 38.4. The van der Waals surface area contributed by atoms with Gasteiger partial charge in [-0.2, -0.15) is 0 Å². The number of para-hydroxylation sites is 2. The molecule has 412 valence electrons. The summed E-state index contributed by atoms with van der Waals surface area (Å²) < 4.78 is 20.0. The van der Waals surface area contributed by atoms with Gasteiger partial charge in [-0.25, -0.2) is 9.97 Å². The van der Waals surface area contributed by atoms with Crippen LogP contribution in [-0.2, 0) is 49.8 Å². The Morgan fingerprint density at radius 3 is 1.51 bits per heavy atom. The highest BCUT2D eigenvalue weighted by molar-refractivity contribution is 5.80. The molecule has 17 nitrogen and oxygen atoms in total. The lowest BCUT2D eigenvalue weighted by atomic mass is 10.0. The van der Waals surface area contributed by atoms with Crippen LogP contribution in [0.5, 0.6) is 11.8 Å². The molecule has 0 amide bonds. The van der Waals surface area contributed by atoms with Gasteiger partial charge in [-0.05, 0) is 111 Å². The maximum Gasteiger partial charge on any atom is 0.302 e. The molecule has 10 rings (SSSR count). The van der Waals surface area contributed by atoms with E-state index in [4.69, 9.17) is 19.3 Å². The van der Waals surface area contributed by atoms with Gasteiger partial charge in [0.1, 0.15) is 19.8 Å². The Morgan fingerprint density at radius 2 is 1.08 bits per heavy atom. The molecule has 2 fully saturated rings. The molecule has 6 aromatic heterocycles. The molecule has 8 heterocycles. The Balaban J connectivity index is 0.000000192.